The summed E-state index contributed by atoms with van der Waals surface area (Å²) in [5.74, 6) is 1.52. The lowest BCUT2D eigenvalue weighted by atomic mass is 10.0. The first-order chi connectivity index (χ1) is 13.7. The van der Waals surface area contributed by atoms with E-state index in [1.807, 2.05) is 67.4 Å². The highest BCUT2D eigenvalue weighted by molar-refractivity contribution is 5.95. The molecule has 0 aliphatic carbocycles. The summed E-state index contributed by atoms with van der Waals surface area (Å²) in [5.41, 5.74) is 3.71. The first-order valence-electron chi connectivity index (χ1n) is 9.65. The molecule has 0 radical (unpaired) electrons. The summed E-state index contributed by atoms with van der Waals surface area (Å²) in [6.45, 7) is 2.74. The van der Waals surface area contributed by atoms with E-state index in [4.69, 9.17) is 0 Å². The lowest BCUT2D eigenvalue weighted by molar-refractivity contribution is 0.0735. The van der Waals surface area contributed by atoms with Gasteiger partial charge in [-0.05, 0) is 37.5 Å². The van der Waals surface area contributed by atoms with Gasteiger partial charge in [0.15, 0.2) is 5.82 Å². The minimum atomic E-state index is 0.0824. The van der Waals surface area contributed by atoms with Gasteiger partial charge in [-0.1, -0.05) is 42.5 Å². The summed E-state index contributed by atoms with van der Waals surface area (Å²) in [5, 5.41) is 3.05. The van der Waals surface area contributed by atoms with Crippen molar-refractivity contribution in [2.45, 2.75) is 25.8 Å². The topological polar surface area (TPSA) is 58.1 Å². The molecule has 1 N–H and O–H groups in total. The molecule has 5 nitrogen and oxygen atoms in total. The van der Waals surface area contributed by atoms with Crippen LogP contribution in [-0.4, -0.2) is 34.4 Å². The van der Waals surface area contributed by atoms with Crippen molar-refractivity contribution in [1.29, 1.82) is 0 Å². The Hall–Kier alpha value is -3.21. The lowest BCUT2D eigenvalue weighted by Gasteiger charge is -2.25. The fraction of sp³-hybridized carbons (Fsp3) is 0.261. The van der Waals surface area contributed by atoms with Crippen molar-refractivity contribution in [3.8, 4) is 11.4 Å². The monoisotopic (exact) mass is 372 g/mol. The van der Waals surface area contributed by atoms with Crippen LogP contribution in [0.25, 0.3) is 11.4 Å². The standard InChI is InChI=1S/C23H24N4O/c1-16-15-21(24-2)26-22(25-16)18-10-12-19(13-11-18)23(28)27-14-6-9-20(27)17-7-4-3-5-8-17/h3-5,7-8,10-13,15,20H,6,9,14H2,1-2H3,(H,24,25,26). The molecule has 1 aromatic heterocycles. The number of hydrogen-bond donors (Lipinski definition) is 1. The molecule has 1 saturated heterocycles. The van der Waals surface area contributed by atoms with Gasteiger partial charge in [-0.3, -0.25) is 4.79 Å². The number of amides is 1. The molecule has 1 amide bonds. The van der Waals surface area contributed by atoms with Crippen LogP contribution < -0.4 is 5.32 Å². The van der Waals surface area contributed by atoms with Crippen LogP contribution in [0.3, 0.4) is 0 Å². The van der Waals surface area contributed by atoms with Gasteiger partial charge in [-0.25, -0.2) is 9.97 Å². The van der Waals surface area contributed by atoms with E-state index < -0.39 is 0 Å². The van der Waals surface area contributed by atoms with E-state index >= 15 is 0 Å². The van der Waals surface area contributed by atoms with E-state index in [2.05, 4.69) is 27.4 Å². The molecular formula is C23H24N4O. The van der Waals surface area contributed by atoms with Crippen LogP contribution in [0.15, 0.2) is 60.7 Å². The maximum atomic E-state index is 13.1. The number of likely N-dealkylation sites (tertiary alicyclic amines) is 1. The summed E-state index contributed by atoms with van der Waals surface area (Å²) in [7, 11) is 1.84. The minimum Gasteiger partial charge on any atom is -0.373 e. The largest absolute Gasteiger partial charge is 0.373 e. The first kappa shape index (κ1) is 18.2. The van der Waals surface area contributed by atoms with Crippen molar-refractivity contribution in [3.05, 3.63) is 77.5 Å². The number of aryl methyl sites for hydroxylation is 1. The first-order valence-corrected chi connectivity index (χ1v) is 9.65. The van der Waals surface area contributed by atoms with E-state index in [-0.39, 0.29) is 11.9 Å². The van der Waals surface area contributed by atoms with Crippen molar-refractivity contribution in [1.82, 2.24) is 14.9 Å². The third-order valence-electron chi connectivity index (χ3n) is 5.20. The molecule has 1 atom stereocenters. The van der Waals surface area contributed by atoms with Crippen LogP contribution in [-0.2, 0) is 0 Å². The van der Waals surface area contributed by atoms with E-state index in [1.54, 1.807) is 0 Å². The summed E-state index contributed by atoms with van der Waals surface area (Å²) >= 11 is 0. The molecule has 3 aromatic rings. The van der Waals surface area contributed by atoms with E-state index in [0.717, 1.165) is 36.5 Å². The summed E-state index contributed by atoms with van der Waals surface area (Å²) in [6.07, 6.45) is 2.05. The highest BCUT2D eigenvalue weighted by Crippen LogP contribution is 2.33. The maximum absolute atomic E-state index is 13.1. The van der Waals surface area contributed by atoms with Crippen molar-refractivity contribution < 1.29 is 4.79 Å². The van der Waals surface area contributed by atoms with Gasteiger partial charge in [0.05, 0.1) is 6.04 Å². The van der Waals surface area contributed by atoms with Gasteiger partial charge >= 0.3 is 0 Å². The second kappa shape index (κ2) is 7.80. The molecule has 1 unspecified atom stereocenters. The van der Waals surface area contributed by atoms with Crippen LogP contribution in [0.1, 0.15) is 40.5 Å². The number of aromatic nitrogens is 2. The predicted octanol–water partition coefficient (Wildman–Crippen LogP) is 4.47. The normalized spacial score (nSPS) is 16.2. The molecule has 2 heterocycles. The van der Waals surface area contributed by atoms with Gasteiger partial charge < -0.3 is 10.2 Å². The van der Waals surface area contributed by atoms with Gasteiger partial charge in [0.1, 0.15) is 5.82 Å². The zero-order valence-electron chi connectivity index (χ0n) is 16.2. The fourth-order valence-electron chi connectivity index (χ4n) is 3.78. The van der Waals surface area contributed by atoms with Gasteiger partial charge in [-0.15, -0.1) is 0 Å². The number of anilines is 1. The third kappa shape index (κ3) is 3.60. The van der Waals surface area contributed by atoms with Crippen LogP contribution in [0.4, 0.5) is 5.82 Å². The minimum absolute atomic E-state index is 0.0824. The Labute approximate surface area is 165 Å². The number of nitrogens with one attached hydrogen (secondary N) is 1. The smallest absolute Gasteiger partial charge is 0.254 e. The van der Waals surface area contributed by atoms with Crippen LogP contribution in [0.2, 0.25) is 0 Å². The molecule has 28 heavy (non-hydrogen) atoms. The predicted molar refractivity (Wildman–Crippen MR) is 111 cm³/mol. The Balaban J connectivity index is 1.57. The summed E-state index contributed by atoms with van der Waals surface area (Å²) < 4.78 is 0. The molecule has 1 fully saturated rings. The Bertz CT molecular complexity index is 970. The number of rotatable bonds is 4. The Kier molecular flexibility index (Phi) is 5.06. The van der Waals surface area contributed by atoms with Gasteiger partial charge in [0.2, 0.25) is 0 Å². The average Bonchev–Trinajstić information content (AvgIpc) is 3.23. The summed E-state index contributed by atoms with van der Waals surface area (Å²) in [4.78, 5) is 24.1. The molecule has 1 aliphatic heterocycles. The van der Waals surface area contributed by atoms with Crippen molar-refractivity contribution >= 4 is 11.7 Å². The fourth-order valence-corrected chi connectivity index (χ4v) is 3.78. The van der Waals surface area contributed by atoms with Crippen molar-refractivity contribution in [2.24, 2.45) is 0 Å². The Morgan fingerprint density at radius 3 is 2.54 bits per heavy atom. The Morgan fingerprint density at radius 1 is 1.07 bits per heavy atom. The number of benzene rings is 2. The van der Waals surface area contributed by atoms with Gasteiger partial charge in [0, 0.05) is 36.5 Å². The molecule has 1 aliphatic rings. The molecule has 0 spiro atoms. The summed E-state index contributed by atoms with van der Waals surface area (Å²) in [6, 6.07) is 20.0. The SMILES string of the molecule is CNc1cc(C)nc(-c2ccc(C(=O)N3CCCC3c3ccccc3)cc2)n1. The number of carbonyl (C=O) groups is 1. The molecule has 4 rings (SSSR count). The van der Waals surface area contributed by atoms with Crippen LogP contribution in [0, 0.1) is 6.92 Å². The number of nitrogens with zero attached hydrogens (tertiary/aromatic N) is 3. The number of hydrogen-bond acceptors (Lipinski definition) is 4. The van der Waals surface area contributed by atoms with E-state index in [1.165, 1.54) is 5.56 Å². The highest BCUT2D eigenvalue weighted by Gasteiger charge is 2.30. The lowest BCUT2D eigenvalue weighted by Crippen LogP contribution is -2.30. The Morgan fingerprint density at radius 2 is 1.82 bits per heavy atom. The molecule has 5 heteroatoms. The van der Waals surface area contributed by atoms with E-state index in [9.17, 15) is 4.79 Å². The zero-order chi connectivity index (χ0) is 19.5. The van der Waals surface area contributed by atoms with Gasteiger partial charge in [0.25, 0.3) is 5.91 Å². The number of carbonyl (C=O) groups excluding carboxylic acids is 1. The maximum Gasteiger partial charge on any atom is 0.254 e. The average molecular weight is 372 g/mol. The second-order valence-corrected chi connectivity index (χ2v) is 7.11. The van der Waals surface area contributed by atoms with Crippen LogP contribution >= 0.6 is 0 Å². The van der Waals surface area contributed by atoms with E-state index in [0.29, 0.717) is 11.4 Å². The third-order valence-corrected chi connectivity index (χ3v) is 5.20. The molecule has 0 bridgehead atoms. The van der Waals surface area contributed by atoms with Gasteiger partial charge in [-0.2, -0.15) is 0 Å². The second-order valence-electron chi connectivity index (χ2n) is 7.11. The molecule has 142 valence electrons. The zero-order valence-corrected chi connectivity index (χ0v) is 16.2. The quantitative estimate of drug-likeness (QED) is 0.734. The molecule has 0 saturated carbocycles. The molecular weight excluding hydrogens is 348 g/mol. The van der Waals surface area contributed by atoms with Crippen molar-refractivity contribution in [3.63, 3.8) is 0 Å². The van der Waals surface area contributed by atoms with Crippen LogP contribution in [0.5, 0.6) is 0 Å². The highest BCUT2D eigenvalue weighted by atomic mass is 16.2. The van der Waals surface area contributed by atoms with Crippen molar-refractivity contribution in [2.75, 3.05) is 18.9 Å². The molecule has 2 aromatic carbocycles.